The molecule has 0 spiro atoms. The number of nitrogens with one attached hydrogen (secondary N) is 1. The van der Waals surface area contributed by atoms with E-state index in [1.54, 1.807) is 20.8 Å². The van der Waals surface area contributed by atoms with Gasteiger partial charge in [-0.3, -0.25) is 0 Å². The van der Waals surface area contributed by atoms with Gasteiger partial charge in [0.2, 0.25) is 0 Å². The Kier molecular flexibility index (Phi) is 5.66. The van der Waals surface area contributed by atoms with Gasteiger partial charge >= 0.3 is 0 Å². The van der Waals surface area contributed by atoms with Gasteiger partial charge in [-0.25, -0.2) is 8.42 Å². The van der Waals surface area contributed by atoms with Crippen molar-refractivity contribution in [2.45, 2.75) is 70.6 Å². The lowest BCUT2D eigenvalue weighted by Crippen LogP contribution is -2.45. The molecular formula is C14H29NO2S. The first-order valence-electron chi connectivity index (χ1n) is 7.23. The van der Waals surface area contributed by atoms with Crippen LogP contribution in [0.3, 0.4) is 0 Å². The fraction of sp³-hybridized carbons (Fsp3) is 1.00. The Labute approximate surface area is 113 Å². The quantitative estimate of drug-likeness (QED) is 0.811. The lowest BCUT2D eigenvalue weighted by atomic mass is 9.99. The van der Waals surface area contributed by atoms with E-state index in [0.717, 1.165) is 13.0 Å². The Hall–Kier alpha value is -0.0900. The number of hydrogen-bond acceptors (Lipinski definition) is 3. The van der Waals surface area contributed by atoms with Crippen LogP contribution in [0, 0.1) is 5.92 Å². The van der Waals surface area contributed by atoms with Crippen LogP contribution in [0.5, 0.6) is 0 Å². The van der Waals surface area contributed by atoms with Gasteiger partial charge in [0.1, 0.15) is 0 Å². The van der Waals surface area contributed by atoms with E-state index in [1.165, 1.54) is 25.7 Å². The van der Waals surface area contributed by atoms with Crippen molar-refractivity contribution in [2.24, 2.45) is 5.92 Å². The van der Waals surface area contributed by atoms with Gasteiger partial charge in [0.25, 0.3) is 0 Å². The zero-order valence-corrected chi connectivity index (χ0v) is 13.1. The molecule has 0 bridgehead atoms. The van der Waals surface area contributed by atoms with Gasteiger partial charge in [-0.1, -0.05) is 19.8 Å². The van der Waals surface area contributed by atoms with Gasteiger partial charge in [0.15, 0.2) is 9.84 Å². The third-order valence-corrected chi connectivity index (χ3v) is 6.62. The molecule has 0 aromatic heterocycles. The molecule has 1 N–H and O–H groups in total. The highest BCUT2D eigenvalue weighted by atomic mass is 32.2. The second kappa shape index (κ2) is 6.38. The van der Waals surface area contributed by atoms with Crippen LogP contribution in [-0.4, -0.2) is 31.5 Å². The van der Waals surface area contributed by atoms with Crippen LogP contribution in [-0.2, 0) is 9.84 Å². The fourth-order valence-electron chi connectivity index (χ4n) is 2.54. The predicted octanol–water partition coefficient (Wildman–Crippen LogP) is 2.76. The molecule has 108 valence electrons. The highest BCUT2D eigenvalue weighted by Crippen LogP contribution is 2.30. The Morgan fingerprint density at radius 3 is 2.22 bits per heavy atom. The molecule has 1 aliphatic rings. The molecule has 1 fully saturated rings. The van der Waals surface area contributed by atoms with Crippen molar-refractivity contribution in [3.8, 4) is 0 Å². The van der Waals surface area contributed by atoms with Gasteiger partial charge in [-0.2, -0.15) is 0 Å². The van der Waals surface area contributed by atoms with E-state index >= 15 is 0 Å². The summed E-state index contributed by atoms with van der Waals surface area (Å²) < 4.78 is 24.0. The number of rotatable bonds is 6. The molecule has 1 unspecified atom stereocenters. The van der Waals surface area contributed by atoms with Crippen molar-refractivity contribution in [1.82, 2.24) is 5.32 Å². The second-order valence-corrected chi connectivity index (χ2v) is 9.29. The summed E-state index contributed by atoms with van der Waals surface area (Å²) in [4.78, 5) is 0. The average Bonchev–Trinajstić information content (AvgIpc) is 2.75. The summed E-state index contributed by atoms with van der Waals surface area (Å²) in [7, 11) is -3.03. The van der Waals surface area contributed by atoms with Crippen LogP contribution < -0.4 is 5.32 Å². The lowest BCUT2D eigenvalue weighted by Gasteiger charge is -2.28. The Bertz CT molecular complexity index is 337. The van der Waals surface area contributed by atoms with Crippen LogP contribution in [0.2, 0.25) is 0 Å². The summed E-state index contributed by atoms with van der Waals surface area (Å²) in [6, 6.07) is 0.150. The number of hydrogen-bond donors (Lipinski definition) is 1. The first-order chi connectivity index (χ1) is 8.28. The summed E-state index contributed by atoms with van der Waals surface area (Å²) in [6.45, 7) is 8.44. The molecule has 1 rings (SSSR count). The SMILES string of the molecule is CCCNC(CS(=O)(=O)C(C)(C)C)C1CCCC1. The maximum Gasteiger partial charge on any atom is 0.156 e. The molecule has 4 heteroatoms. The first kappa shape index (κ1) is 16.0. The third-order valence-electron chi connectivity index (χ3n) is 3.96. The van der Waals surface area contributed by atoms with Gasteiger partial charge < -0.3 is 5.32 Å². The molecule has 0 aromatic carbocycles. The molecule has 0 heterocycles. The molecule has 0 saturated heterocycles. The molecule has 0 radical (unpaired) electrons. The van der Waals surface area contributed by atoms with E-state index in [1.807, 2.05) is 0 Å². The topological polar surface area (TPSA) is 46.2 Å². The Balaban J connectivity index is 2.71. The van der Waals surface area contributed by atoms with Crippen LogP contribution in [0.1, 0.15) is 59.8 Å². The van der Waals surface area contributed by atoms with E-state index in [2.05, 4.69) is 12.2 Å². The fourth-order valence-corrected chi connectivity index (χ4v) is 3.90. The van der Waals surface area contributed by atoms with Crippen LogP contribution in [0.4, 0.5) is 0 Å². The van der Waals surface area contributed by atoms with Crippen molar-refractivity contribution in [3.05, 3.63) is 0 Å². The molecule has 0 amide bonds. The van der Waals surface area contributed by atoms with Crippen molar-refractivity contribution in [2.75, 3.05) is 12.3 Å². The van der Waals surface area contributed by atoms with Crippen molar-refractivity contribution >= 4 is 9.84 Å². The van der Waals surface area contributed by atoms with Crippen molar-refractivity contribution in [3.63, 3.8) is 0 Å². The first-order valence-corrected chi connectivity index (χ1v) is 8.89. The smallest absolute Gasteiger partial charge is 0.156 e. The third kappa shape index (κ3) is 4.23. The summed E-state index contributed by atoms with van der Waals surface area (Å²) in [6.07, 6.45) is 5.93. The van der Waals surface area contributed by atoms with Crippen molar-refractivity contribution < 1.29 is 8.42 Å². The van der Waals surface area contributed by atoms with Gasteiger partial charge in [-0.15, -0.1) is 0 Å². The highest BCUT2D eigenvalue weighted by Gasteiger charge is 2.35. The molecule has 1 saturated carbocycles. The summed E-state index contributed by atoms with van der Waals surface area (Å²) in [5.41, 5.74) is 0. The molecule has 3 nitrogen and oxygen atoms in total. The zero-order valence-electron chi connectivity index (χ0n) is 12.3. The average molecular weight is 275 g/mol. The van der Waals surface area contributed by atoms with Crippen LogP contribution in [0.25, 0.3) is 0 Å². The molecule has 1 atom stereocenters. The molecule has 1 aliphatic carbocycles. The zero-order chi connectivity index (χ0) is 13.8. The summed E-state index contributed by atoms with van der Waals surface area (Å²) in [5, 5.41) is 3.46. The largest absolute Gasteiger partial charge is 0.313 e. The van der Waals surface area contributed by atoms with Gasteiger partial charge in [0, 0.05) is 6.04 Å². The van der Waals surface area contributed by atoms with E-state index in [0.29, 0.717) is 11.7 Å². The Morgan fingerprint density at radius 2 is 1.78 bits per heavy atom. The van der Waals surface area contributed by atoms with Gasteiger partial charge in [0.05, 0.1) is 10.5 Å². The van der Waals surface area contributed by atoms with E-state index in [-0.39, 0.29) is 6.04 Å². The van der Waals surface area contributed by atoms with E-state index in [4.69, 9.17) is 0 Å². The standard InChI is InChI=1S/C14H29NO2S/c1-5-10-15-13(12-8-6-7-9-12)11-18(16,17)14(2,3)4/h12-13,15H,5-11H2,1-4H3. The van der Waals surface area contributed by atoms with E-state index < -0.39 is 14.6 Å². The lowest BCUT2D eigenvalue weighted by molar-refractivity contribution is 0.380. The van der Waals surface area contributed by atoms with Crippen LogP contribution >= 0.6 is 0 Å². The monoisotopic (exact) mass is 275 g/mol. The maximum atomic E-state index is 12.3. The van der Waals surface area contributed by atoms with Gasteiger partial charge in [-0.05, 0) is 52.5 Å². The molecule has 0 aromatic rings. The minimum Gasteiger partial charge on any atom is -0.313 e. The maximum absolute atomic E-state index is 12.3. The minimum atomic E-state index is -3.03. The second-order valence-electron chi connectivity index (χ2n) is 6.50. The molecule has 0 aliphatic heterocycles. The van der Waals surface area contributed by atoms with Crippen LogP contribution in [0.15, 0.2) is 0 Å². The minimum absolute atomic E-state index is 0.150. The summed E-state index contributed by atoms with van der Waals surface area (Å²) in [5.74, 6) is 0.843. The molecule has 18 heavy (non-hydrogen) atoms. The number of sulfone groups is 1. The highest BCUT2D eigenvalue weighted by molar-refractivity contribution is 7.92. The normalized spacial score (nSPS) is 20.2. The van der Waals surface area contributed by atoms with Crippen molar-refractivity contribution in [1.29, 1.82) is 0 Å². The summed E-state index contributed by atoms with van der Waals surface area (Å²) >= 11 is 0. The predicted molar refractivity (Wildman–Crippen MR) is 77.6 cm³/mol. The molecular weight excluding hydrogens is 246 g/mol. The Morgan fingerprint density at radius 1 is 1.22 bits per heavy atom. The van der Waals surface area contributed by atoms with E-state index in [9.17, 15) is 8.42 Å².